The molecule has 42 heavy (non-hydrogen) atoms. The fourth-order valence-corrected chi connectivity index (χ4v) is 2.98. The Morgan fingerprint density at radius 3 is 1.43 bits per heavy atom. The second kappa shape index (κ2) is 12.9. The van der Waals surface area contributed by atoms with Gasteiger partial charge in [-0.15, -0.1) is 0 Å². The predicted octanol–water partition coefficient (Wildman–Crippen LogP) is 4.76. The normalized spacial score (nSPS) is 24.1. The Bertz CT molecular complexity index is 1140. The molecule has 0 aromatic rings. The van der Waals surface area contributed by atoms with Gasteiger partial charge in [-0.25, -0.2) is 0 Å². The molecule has 1 saturated heterocycles. The summed E-state index contributed by atoms with van der Waals surface area (Å²) in [4.78, 5) is 65.9. The van der Waals surface area contributed by atoms with Gasteiger partial charge in [0.25, 0.3) is 0 Å². The molecule has 11 heteroatoms. The first-order valence-electron chi connectivity index (χ1n) is 17.0. The van der Waals surface area contributed by atoms with E-state index in [1.807, 2.05) is 0 Å². The maximum atomic E-state index is 13.4. The zero-order chi connectivity index (χ0) is 36.8. The lowest BCUT2D eigenvalue weighted by molar-refractivity contribution is -0.214. The van der Waals surface area contributed by atoms with Gasteiger partial charge in [-0.05, 0) is 104 Å². The molecule has 0 bridgehead atoms. The Labute approximate surface area is 257 Å². The first-order valence-corrected chi connectivity index (χ1v) is 13.5. The fraction of sp³-hybridized carbons (Fsp3) is 0.839. The third-order valence-corrected chi connectivity index (χ3v) is 5.68. The third kappa shape index (κ3) is 10.5. The summed E-state index contributed by atoms with van der Waals surface area (Å²) in [5.74, 6) is -4.53. The Balaban J connectivity index is 3.87. The SMILES string of the molecule is [2H]CC(C)(C)C(=O)OC[C@@H](OC(=O)C(C)(C)C[2H])[C@@H]1OC(OC(=O)C(C)(C)C[2H])[C@H](OC(=O)C(C)(C)C[2H])[C@H]1OC(=O)C(C)(C)C[2H]. The lowest BCUT2D eigenvalue weighted by Crippen LogP contribution is -2.50. The lowest BCUT2D eigenvalue weighted by atomic mass is 9.95. The highest BCUT2D eigenvalue weighted by Crippen LogP contribution is 2.36. The van der Waals surface area contributed by atoms with E-state index in [1.54, 1.807) is 0 Å². The van der Waals surface area contributed by atoms with Crippen LogP contribution in [-0.4, -0.2) is 67.2 Å². The van der Waals surface area contributed by atoms with E-state index in [9.17, 15) is 24.0 Å². The van der Waals surface area contributed by atoms with E-state index in [0.717, 1.165) is 0 Å². The molecule has 242 valence electrons. The summed E-state index contributed by atoms with van der Waals surface area (Å²) >= 11 is 0. The summed E-state index contributed by atoms with van der Waals surface area (Å²) in [7, 11) is 0. The molecule has 1 aliphatic rings. The second-order valence-electron chi connectivity index (χ2n) is 14.1. The summed E-state index contributed by atoms with van der Waals surface area (Å²) in [6, 6.07) is 0. The predicted molar refractivity (Wildman–Crippen MR) is 153 cm³/mol. The second-order valence-corrected chi connectivity index (χ2v) is 14.1. The van der Waals surface area contributed by atoms with E-state index in [1.165, 1.54) is 69.2 Å². The molecule has 0 aromatic heterocycles. The van der Waals surface area contributed by atoms with Crippen molar-refractivity contribution in [2.24, 2.45) is 27.1 Å². The van der Waals surface area contributed by atoms with Gasteiger partial charge in [0, 0.05) is 6.85 Å². The minimum Gasteiger partial charge on any atom is -0.461 e. The van der Waals surface area contributed by atoms with Crippen LogP contribution in [-0.2, 0) is 52.4 Å². The molecule has 1 aliphatic heterocycles. The summed E-state index contributed by atoms with van der Waals surface area (Å²) in [6.45, 7) is 11.8. The molecular weight excluding hydrogens is 548 g/mol. The molecule has 0 saturated carbocycles. The smallest absolute Gasteiger partial charge is 0.313 e. The zero-order valence-corrected chi connectivity index (χ0v) is 26.6. The molecule has 0 radical (unpaired) electrons. The van der Waals surface area contributed by atoms with Gasteiger partial charge in [0.2, 0.25) is 12.4 Å². The number of rotatable bonds is 7. The number of hydrogen-bond donors (Lipinski definition) is 0. The van der Waals surface area contributed by atoms with E-state index < -0.39 is 122 Å². The van der Waals surface area contributed by atoms with Crippen LogP contribution in [0.1, 0.15) is 111 Å². The summed E-state index contributed by atoms with van der Waals surface area (Å²) in [5.41, 5.74) is -6.71. The Morgan fingerprint density at radius 1 is 0.595 bits per heavy atom. The number of esters is 5. The average molecular weight is 606 g/mol. The van der Waals surface area contributed by atoms with Crippen molar-refractivity contribution < 1.29 is 59.2 Å². The van der Waals surface area contributed by atoms with Crippen LogP contribution < -0.4 is 0 Å². The zero-order valence-electron chi connectivity index (χ0n) is 31.6. The van der Waals surface area contributed by atoms with E-state index in [-0.39, 0.29) is 6.90 Å². The highest BCUT2D eigenvalue weighted by atomic mass is 16.8. The highest BCUT2D eigenvalue weighted by molar-refractivity contribution is 5.78. The van der Waals surface area contributed by atoms with E-state index in [0.29, 0.717) is 0 Å². The largest absolute Gasteiger partial charge is 0.461 e. The summed E-state index contributed by atoms with van der Waals surface area (Å²) in [6.07, 6.45) is -8.34. The highest BCUT2D eigenvalue weighted by Gasteiger charge is 2.57. The van der Waals surface area contributed by atoms with E-state index in [2.05, 4.69) is 0 Å². The molecule has 0 spiro atoms. The number of ether oxygens (including phenoxy) is 6. The standard InChI is InChI=1S/C31H52O11/c1-27(2,3)22(32)37-16-17(38-23(33)28(4,5)6)18-19(40-24(34)29(7,8)9)20(41-25(35)30(10,11)12)21(39-18)42-26(36)31(13,14)15/h17-21H,16H2,1-15H3/t17-,18+,19+,20-,21?/m1/s1/i1D,4D,7D,10D,13D. The molecule has 11 nitrogen and oxygen atoms in total. The van der Waals surface area contributed by atoms with Gasteiger partial charge < -0.3 is 28.4 Å². The fourth-order valence-electron chi connectivity index (χ4n) is 2.98. The average Bonchev–Trinajstić information content (AvgIpc) is 3.33. The van der Waals surface area contributed by atoms with Crippen molar-refractivity contribution in [2.45, 2.75) is 134 Å². The van der Waals surface area contributed by atoms with Crippen LogP contribution in [0.3, 0.4) is 0 Å². The van der Waals surface area contributed by atoms with Crippen LogP contribution >= 0.6 is 0 Å². The van der Waals surface area contributed by atoms with Crippen molar-refractivity contribution in [1.82, 2.24) is 0 Å². The molecule has 0 aromatic carbocycles. The quantitative estimate of drug-likeness (QED) is 0.293. The van der Waals surface area contributed by atoms with Crippen molar-refractivity contribution in [3.8, 4) is 0 Å². The van der Waals surface area contributed by atoms with Crippen LogP contribution in [0.5, 0.6) is 0 Å². The van der Waals surface area contributed by atoms with Crippen LogP contribution in [0.4, 0.5) is 0 Å². The maximum Gasteiger partial charge on any atom is 0.313 e. The first-order chi connectivity index (χ1) is 21.4. The van der Waals surface area contributed by atoms with Crippen molar-refractivity contribution >= 4 is 29.8 Å². The van der Waals surface area contributed by atoms with Gasteiger partial charge >= 0.3 is 29.8 Å². The van der Waals surface area contributed by atoms with Gasteiger partial charge in [0.1, 0.15) is 12.7 Å². The van der Waals surface area contributed by atoms with Crippen LogP contribution in [0.15, 0.2) is 0 Å². The van der Waals surface area contributed by atoms with E-state index >= 15 is 0 Å². The summed E-state index contributed by atoms with van der Waals surface area (Å²) < 4.78 is 73.1. The van der Waals surface area contributed by atoms with Gasteiger partial charge in [0.15, 0.2) is 12.2 Å². The molecule has 0 aliphatic carbocycles. The Kier molecular flexibility index (Phi) is 9.02. The maximum absolute atomic E-state index is 13.4. The van der Waals surface area contributed by atoms with Gasteiger partial charge in [-0.3, -0.25) is 24.0 Å². The molecule has 1 rings (SSSR count). The van der Waals surface area contributed by atoms with Gasteiger partial charge in [0.05, 0.1) is 27.1 Å². The van der Waals surface area contributed by atoms with Crippen LogP contribution in [0, 0.1) is 27.1 Å². The van der Waals surface area contributed by atoms with Crippen LogP contribution in [0.25, 0.3) is 0 Å². The number of hydrogen-bond acceptors (Lipinski definition) is 11. The molecule has 0 amide bonds. The molecular formula is C31H52O11. The molecule has 1 fully saturated rings. The molecule has 5 atom stereocenters. The Morgan fingerprint density at radius 2 is 0.976 bits per heavy atom. The number of carbonyl (C=O) groups is 5. The molecule has 1 unspecified atom stereocenters. The van der Waals surface area contributed by atoms with Crippen molar-refractivity contribution in [2.75, 3.05) is 6.61 Å². The lowest BCUT2D eigenvalue weighted by Gasteiger charge is -2.32. The van der Waals surface area contributed by atoms with Crippen LogP contribution in [0.2, 0.25) is 0 Å². The van der Waals surface area contributed by atoms with Gasteiger partial charge in [-0.1, -0.05) is 0 Å². The summed E-state index contributed by atoms with van der Waals surface area (Å²) in [5, 5.41) is 0. The van der Waals surface area contributed by atoms with E-state index in [4.69, 9.17) is 35.3 Å². The topological polar surface area (TPSA) is 141 Å². The minimum absolute atomic E-state index is 0.335. The molecule has 1 heterocycles. The molecule has 0 N–H and O–H groups in total. The van der Waals surface area contributed by atoms with Gasteiger partial charge in [-0.2, -0.15) is 0 Å². The first kappa shape index (κ1) is 29.4. The third-order valence-electron chi connectivity index (χ3n) is 5.68. The number of carbonyl (C=O) groups excluding carboxylic acids is 5. The van der Waals surface area contributed by atoms with Crippen molar-refractivity contribution in [3.05, 3.63) is 0 Å². The van der Waals surface area contributed by atoms with Crippen molar-refractivity contribution in [3.63, 3.8) is 0 Å². The monoisotopic (exact) mass is 605 g/mol. The Hall–Kier alpha value is -2.69. The minimum atomic E-state index is -1.79. The van der Waals surface area contributed by atoms with Crippen molar-refractivity contribution in [1.29, 1.82) is 0 Å².